The van der Waals surface area contributed by atoms with Crippen LogP contribution in [0.4, 0.5) is 5.69 Å². The van der Waals surface area contributed by atoms with Crippen LogP contribution in [0.5, 0.6) is 0 Å². The summed E-state index contributed by atoms with van der Waals surface area (Å²) in [6.07, 6.45) is 5.16. The molecule has 1 aliphatic rings. The number of aliphatic carboxylic acids is 1. The predicted molar refractivity (Wildman–Crippen MR) is 77.8 cm³/mol. The summed E-state index contributed by atoms with van der Waals surface area (Å²) >= 11 is 11.9. The second-order valence-electron chi connectivity index (χ2n) is 5.17. The number of carboxylic acids is 1. The van der Waals surface area contributed by atoms with Gasteiger partial charge in [0.25, 0.3) is 0 Å². The monoisotopic (exact) mass is 301 g/mol. The molecule has 1 saturated carbocycles. The summed E-state index contributed by atoms with van der Waals surface area (Å²) in [5, 5.41) is 10.2. The molecule has 5 heteroatoms. The van der Waals surface area contributed by atoms with E-state index in [9.17, 15) is 9.90 Å². The Bertz CT molecular complexity index is 485. The number of nitrogen functional groups attached to an aromatic ring is 1. The number of anilines is 1. The van der Waals surface area contributed by atoms with Crippen molar-refractivity contribution in [3.05, 3.63) is 27.7 Å². The molecule has 1 aromatic carbocycles. The van der Waals surface area contributed by atoms with E-state index in [0.717, 1.165) is 12.8 Å². The molecule has 1 atom stereocenters. The summed E-state index contributed by atoms with van der Waals surface area (Å²) in [5.41, 5.74) is 6.78. The highest BCUT2D eigenvalue weighted by molar-refractivity contribution is 6.36. The summed E-state index contributed by atoms with van der Waals surface area (Å²) in [6, 6.07) is 3.16. The fraction of sp³-hybridized carbons (Fsp3) is 0.500. The Labute approximate surface area is 122 Å². The van der Waals surface area contributed by atoms with Crippen LogP contribution in [0.3, 0.4) is 0 Å². The van der Waals surface area contributed by atoms with Gasteiger partial charge in [0.15, 0.2) is 0 Å². The Morgan fingerprint density at radius 2 is 2.00 bits per heavy atom. The lowest BCUT2D eigenvalue weighted by Crippen LogP contribution is -2.17. The van der Waals surface area contributed by atoms with Crippen molar-refractivity contribution in [1.82, 2.24) is 0 Å². The number of halogens is 2. The summed E-state index contributed by atoms with van der Waals surface area (Å²) in [4.78, 5) is 11.5. The van der Waals surface area contributed by atoms with Gasteiger partial charge in [0.05, 0.1) is 16.6 Å². The van der Waals surface area contributed by atoms with E-state index in [1.54, 1.807) is 6.07 Å². The maximum Gasteiger partial charge on any atom is 0.311 e. The van der Waals surface area contributed by atoms with Gasteiger partial charge in [0, 0.05) is 5.02 Å². The molecule has 0 saturated heterocycles. The maximum absolute atomic E-state index is 11.5. The lowest BCUT2D eigenvalue weighted by Gasteiger charge is -2.19. The third-order valence-corrected chi connectivity index (χ3v) is 4.37. The summed E-state index contributed by atoms with van der Waals surface area (Å²) in [6.45, 7) is 0. The minimum atomic E-state index is -0.864. The van der Waals surface area contributed by atoms with E-state index in [0.29, 0.717) is 33.6 Å². The van der Waals surface area contributed by atoms with Crippen molar-refractivity contribution in [2.24, 2.45) is 5.92 Å². The molecule has 1 unspecified atom stereocenters. The van der Waals surface area contributed by atoms with Crippen LogP contribution in [0.1, 0.15) is 43.6 Å². The molecule has 104 valence electrons. The van der Waals surface area contributed by atoms with E-state index in [-0.39, 0.29) is 0 Å². The van der Waals surface area contributed by atoms with Gasteiger partial charge in [-0.2, -0.15) is 0 Å². The van der Waals surface area contributed by atoms with Crippen LogP contribution in [0.15, 0.2) is 12.1 Å². The third-order valence-electron chi connectivity index (χ3n) is 3.84. The number of nitrogens with two attached hydrogens (primary N) is 1. The first kappa shape index (κ1) is 14.5. The Morgan fingerprint density at radius 1 is 1.37 bits per heavy atom. The van der Waals surface area contributed by atoms with Crippen molar-refractivity contribution in [3.63, 3.8) is 0 Å². The highest BCUT2D eigenvalue weighted by Gasteiger charge is 2.28. The van der Waals surface area contributed by atoms with E-state index < -0.39 is 11.9 Å². The number of benzene rings is 1. The molecule has 3 nitrogen and oxygen atoms in total. The predicted octanol–water partition coefficient (Wildman–Crippen LogP) is 4.32. The van der Waals surface area contributed by atoms with E-state index >= 15 is 0 Å². The first-order valence-electron chi connectivity index (χ1n) is 6.46. The summed E-state index contributed by atoms with van der Waals surface area (Å²) < 4.78 is 0. The molecule has 1 aromatic rings. The molecule has 2 rings (SSSR count). The van der Waals surface area contributed by atoms with Crippen molar-refractivity contribution >= 4 is 34.9 Å². The highest BCUT2D eigenvalue weighted by Crippen LogP contribution is 2.39. The first-order chi connectivity index (χ1) is 8.99. The van der Waals surface area contributed by atoms with Crippen LogP contribution in [0, 0.1) is 5.92 Å². The quantitative estimate of drug-likeness (QED) is 0.814. The molecule has 1 fully saturated rings. The minimum Gasteiger partial charge on any atom is -0.481 e. The van der Waals surface area contributed by atoms with Gasteiger partial charge in [-0.25, -0.2) is 0 Å². The second kappa shape index (κ2) is 6.02. The fourth-order valence-electron chi connectivity index (χ4n) is 2.83. The molecule has 0 radical (unpaired) electrons. The molecule has 0 amide bonds. The standard InChI is InChI=1S/C14H17Cl2NO2/c15-9-6-10(13(17)12(16)7-9)11(14(18)19)5-8-3-1-2-4-8/h6-8,11H,1-5,17H2,(H,18,19). The lowest BCUT2D eigenvalue weighted by atomic mass is 9.87. The van der Waals surface area contributed by atoms with Gasteiger partial charge >= 0.3 is 5.97 Å². The van der Waals surface area contributed by atoms with Gasteiger partial charge in [0.2, 0.25) is 0 Å². The lowest BCUT2D eigenvalue weighted by molar-refractivity contribution is -0.139. The van der Waals surface area contributed by atoms with Gasteiger partial charge in [-0.15, -0.1) is 0 Å². The number of rotatable bonds is 4. The van der Waals surface area contributed by atoms with Gasteiger partial charge in [-0.05, 0) is 30.0 Å². The summed E-state index contributed by atoms with van der Waals surface area (Å²) in [5.74, 6) is -1.03. The number of carboxylic acid groups (broad SMARTS) is 1. The van der Waals surface area contributed by atoms with Crippen molar-refractivity contribution < 1.29 is 9.90 Å². The Morgan fingerprint density at radius 3 is 2.58 bits per heavy atom. The third kappa shape index (κ3) is 3.34. The van der Waals surface area contributed by atoms with E-state index in [1.165, 1.54) is 18.9 Å². The highest BCUT2D eigenvalue weighted by atomic mass is 35.5. The molecule has 3 N–H and O–H groups in total. The van der Waals surface area contributed by atoms with Crippen molar-refractivity contribution in [2.45, 2.75) is 38.0 Å². The van der Waals surface area contributed by atoms with E-state index in [2.05, 4.69) is 0 Å². The van der Waals surface area contributed by atoms with Crippen molar-refractivity contribution in [2.75, 3.05) is 5.73 Å². The average molecular weight is 302 g/mol. The molecule has 0 heterocycles. The van der Waals surface area contributed by atoms with Crippen LogP contribution in [-0.4, -0.2) is 11.1 Å². The van der Waals surface area contributed by atoms with Crippen LogP contribution < -0.4 is 5.73 Å². The fourth-order valence-corrected chi connectivity index (χ4v) is 3.34. The largest absolute Gasteiger partial charge is 0.481 e. The van der Waals surface area contributed by atoms with Gasteiger partial charge in [-0.3, -0.25) is 4.79 Å². The molecule has 19 heavy (non-hydrogen) atoms. The maximum atomic E-state index is 11.5. The summed E-state index contributed by atoms with van der Waals surface area (Å²) in [7, 11) is 0. The van der Waals surface area contributed by atoms with Crippen LogP contribution in [0.2, 0.25) is 10.0 Å². The molecule has 0 bridgehead atoms. The topological polar surface area (TPSA) is 63.3 Å². The van der Waals surface area contributed by atoms with Crippen LogP contribution in [0.25, 0.3) is 0 Å². The number of hydrogen-bond acceptors (Lipinski definition) is 2. The van der Waals surface area contributed by atoms with Crippen LogP contribution >= 0.6 is 23.2 Å². The van der Waals surface area contributed by atoms with Crippen molar-refractivity contribution in [1.29, 1.82) is 0 Å². The molecule has 0 aromatic heterocycles. The zero-order chi connectivity index (χ0) is 14.0. The first-order valence-corrected chi connectivity index (χ1v) is 7.22. The Kier molecular flexibility index (Phi) is 4.58. The Hall–Kier alpha value is -0.930. The SMILES string of the molecule is Nc1c(Cl)cc(Cl)cc1C(CC1CCCC1)C(=O)O. The second-order valence-corrected chi connectivity index (χ2v) is 6.01. The zero-order valence-electron chi connectivity index (χ0n) is 10.5. The number of hydrogen-bond donors (Lipinski definition) is 2. The molecule has 0 spiro atoms. The van der Waals surface area contributed by atoms with Gasteiger partial charge in [0.1, 0.15) is 0 Å². The smallest absolute Gasteiger partial charge is 0.311 e. The zero-order valence-corrected chi connectivity index (χ0v) is 12.0. The Balaban J connectivity index is 2.30. The molecular weight excluding hydrogens is 285 g/mol. The average Bonchev–Trinajstić information content (AvgIpc) is 2.83. The van der Waals surface area contributed by atoms with Gasteiger partial charge in [-0.1, -0.05) is 48.9 Å². The van der Waals surface area contributed by atoms with Gasteiger partial charge < -0.3 is 10.8 Å². The molecule has 0 aliphatic heterocycles. The molecular formula is C14H17Cl2NO2. The normalized spacial score (nSPS) is 17.6. The van der Waals surface area contributed by atoms with E-state index in [4.69, 9.17) is 28.9 Å². The van der Waals surface area contributed by atoms with E-state index in [1.807, 2.05) is 0 Å². The van der Waals surface area contributed by atoms with Crippen molar-refractivity contribution in [3.8, 4) is 0 Å². The molecule has 1 aliphatic carbocycles. The van der Waals surface area contributed by atoms with Crippen LogP contribution in [-0.2, 0) is 4.79 Å². The number of carbonyl (C=O) groups is 1. The minimum absolute atomic E-state index is 0.320.